The first-order chi connectivity index (χ1) is 6.88. The molecule has 0 amide bonds. The SMILES string of the molecule is COc1ccc2c(c1)CCC1CNC21. The quantitative estimate of drug-likeness (QED) is 0.728. The summed E-state index contributed by atoms with van der Waals surface area (Å²) < 4.78 is 5.24. The summed E-state index contributed by atoms with van der Waals surface area (Å²) >= 11 is 0. The van der Waals surface area contributed by atoms with E-state index >= 15 is 0 Å². The topological polar surface area (TPSA) is 21.3 Å². The highest BCUT2D eigenvalue weighted by Crippen LogP contribution is 2.40. The molecule has 1 aromatic rings. The van der Waals surface area contributed by atoms with Gasteiger partial charge >= 0.3 is 0 Å². The van der Waals surface area contributed by atoms with Crippen LogP contribution in [0.2, 0.25) is 0 Å². The van der Waals surface area contributed by atoms with E-state index in [1.54, 1.807) is 7.11 Å². The van der Waals surface area contributed by atoms with Crippen molar-refractivity contribution in [3.63, 3.8) is 0 Å². The second-order valence-corrected chi connectivity index (χ2v) is 4.25. The first-order valence-corrected chi connectivity index (χ1v) is 5.28. The van der Waals surface area contributed by atoms with Gasteiger partial charge in [-0.2, -0.15) is 0 Å². The van der Waals surface area contributed by atoms with Crippen LogP contribution in [-0.2, 0) is 6.42 Å². The molecule has 74 valence electrons. The second-order valence-electron chi connectivity index (χ2n) is 4.25. The van der Waals surface area contributed by atoms with Gasteiger partial charge in [0.25, 0.3) is 0 Å². The zero-order valence-electron chi connectivity index (χ0n) is 8.42. The third kappa shape index (κ3) is 1.07. The zero-order chi connectivity index (χ0) is 9.54. The fourth-order valence-corrected chi connectivity index (χ4v) is 2.60. The number of rotatable bonds is 1. The van der Waals surface area contributed by atoms with E-state index in [2.05, 4.69) is 23.5 Å². The van der Waals surface area contributed by atoms with Crippen molar-refractivity contribution in [1.82, 2.24) is 5.32 Å². The lowest BCUT2D eigenvalue weighted by atomic mass is 9.75. The Morgan fingerprint density at radius 2 is 2.36 bits per heavy atom. The van der Waals surface area contributed by atoms with Gasteiger partial charge < -0.3 is 10.1 Å². The van der Waals surface area contributed by atoms with Gasteiger partial charge in [-0.05, 0) is 42.0 Å². The fraction of sp³-hybridized carbons (Fsp3) is 0.500. The van der Waals surface area contributed by atoms with Gasteiger partial charge in [-0.3, -0.25) is 0 Å². The summed E-state index contributed by atoms with van der Waals surface area (Å²) in [7, 11) is 1.73. The number of hydrogen-bond donors (Lipinski definition) is 1. The number of aryl methyl sites for hydroxylation is 1. The molecule has 1 fully saturated rings. The Hall–Kier alpha value is -1.02. The Labute approximate surface area is 84.3 Å². The standard InChI is InChI=1S/C12H15NO/c1-14-10-4-5-11-8(6-10)2-3-9-7-13-12(9)11/h4-6,9,12-13H,2-3,7H2,1H3. The van der Waals surface area contributed by atoms with Crippen molar-refractivity contribution in [3.05, 3.63) is 29.3 Å². The fourth-order valence-electron chi connectivity index (χ4n) is 2.60. The lowest BCUT2D eigenvalue weighted by Gasteiger charge is -2.43. The first-order valence-electron chi connectivity index (χ1n) is 5.28. The highest BCUT2D eigenvalue weighted by atomic mass is 16.5. The van der Waals surface area contributed by atoms with Crippen LogP contribution in [0.3, 0.4) is 0 Å². The molecule has 3 rings (SSSR count). The summed E-state index contributed by atoms with van der Waals surface area (Å²) in [5, 5.41) is 3.50. The van der Waals surface area contributed by atoms with Crippen LogP contribution < -0.4 is 10.1 Å². The number of methoxy groups -OCH3 is 1. The van der Waals surface area contributed by atoms with Gasteiger partial charge in [0.05, 0.1) is 7.11 Å². The monoisotopic (exact) mass is 189 g/mol. The Bertz CT molecular complexity index is 361. The van der Waals surface area contributed by atoms with E-state index in [-0.39, 0.29) is 0 Å². The van der Waals surface area contributed by atoms with Crippen molar-refractivity contribution >= 4 is 0 Å². The van der Waals surface area contributed by atoms with Crippen LogP contribution >= 0.6 is 0 Å². The number of hydrogen-bond acceptors (Lipinski definition) is 2. The van der Waals surface area contributed by atoms with Crippen LogP contribution in [0.1, 0.15) is 23.6 Å². The van der Waals surface area contributed by atoms with Crippen molar-refractivity contribution in [2.45, 2.75) is 18.9 Å². The van der Waals surface area contributed by atoms with Crippen LogP contribution in [0.25, 0.3) is 0 Å². The summed E-state index contributed by atoms with van der Waals surface area (Å²) in [4.78, 5) is 0. The molecule has 1 N–H and O–H groups in total. The summed E-state index contributed by atoms with van der Waals surface area (Å²) in [6.45, 7) is 1.20. The predicted molar refractivity (Wildman–Crippen MR) is 55.5 cm³/mol. The van der Waals surface area contributed by atoms with Crippen LogP contribution in [0.5, 0.6) is 5.75 Å². The van der Waals surface area contributed by atoms with Crippen molar-refractivity contribution in [3.8, 4) is 5.75 Å². The van der Waals surface area contributed by atoms with E-state index in [0.29, 0.717) is 6.04 Å². The van der Waals surface area contributed by atoms with Gasteiger partial charge in [0.1, 0.15) is 5.75 Å². The molecule has 0 saturated carbocycles. The molecule has 2 unspecified atom stereocenters. The summed E-state index contributed by atoms with van der Waals surface area (Å²) in [6, 6.07) is 7.11. The maximum absolute atomic E-state index is 5.24. The molecule has 2 atom stereocenters. The largest absolute Gasteiger partial charge is 0.497 e. The maximum atomic E-state index is 5.24. The van der Waals surface area contributed by atoms with E-state index in [4.69, 9.17) is 4.74 Å². The summed E-state index contributed by atoms with van der Waals surface area (Å²) in [6.07, 6.45) is 2.55. The smallest absolute Gasteiger partial charge is 0.119 e. The average molecular weight is 189 g/mol. The molecule has 0 aromatic heterocycles. The second kappa shape index (κ2) is 2.99. The molecule has 2 aliphatic rings. The maximum Gasteiger partial charge on any atom is 0.119 e. The molecule has 1 aliphatic heterocycles. The number of fused-ring (bicyclic) bond motifs is 3. The molecular formula is C12H15NO. The highest BCUT2D eigenvalue weighted by Gasteiger charge is 2.35. The molecule has 0 bridgehead atoms. The van der Waals surface area contributed by atoms with Gasteiger partial charge in [0, 0.05) is 12.6 Å². The van der Waals surface area contributed by atoms with Crippen LogP contribution in [-0.4, -0.2) is 13.7 Å². The van der Waals surface area contributed by atoms with E-state index in [9.17, 15) is 0 Å². The Kier molecular flexibility index (Phi) is 1.77. The average Bonchev–Trinajstić information content (AvgIpc) is 2.17. The van der Waals surface area contributed by atoms with E-state index < -0.39 is 0 Å². The number of nitrogens with one attached hydrogen (secondary N) is 1. The van der Waals surface area contributed by atoms with Gasteiger partial charge in [0.15, 0.2) is 0 Å². The third-order valence-electron chi connectivity index (χ3n) is 3.54. The van der Waals surface area contributed by atoms with Gasteiger partial charge in [-0.25, -0.2) is 0 Å². The lowest BCUT2D eigenvalue weighted by molar-refractivity contribution is 0.206. The van der Waals surface area contributed by atoms with E-state index in [1.165, 1.54) is 30.5 Å². The third-order valence-corrected chi connectivity index (χ3v) is 3.54. The first kappa shape index (κ1) is 8.30. The Morgan fingerprint density at radius 1 is 1.43 bits per heavy atom. The van der Waals surface area contributed by atoms with Crippen molar-refractivity contribution < 1.29 is 4.74 Å². The minimum absolute atomic E-state index is 0.629. The molecule has 0 radical (unpaired) electrons. The minimum Gasteiger partial charge on any atom is -0.497 e. The van der Waals surface area contributed by atoms with Crippen LogP contribution in [0.15, 0.2) is 18.2 Å². The molecule has 1 saturated heterocycles. The molecule has 1 aromatic carbocycles. The van der Waals surface area contributed by atoms with Gasteiger partial charge in [-0.15, -0.1) is 0 Å². The van der Waals surface area contributed by atoms with Crippen molar-refractivity contribution in [2.75, 3.05) is 13.7 Å². The van der Waals surface area contributed by atoms with Crippen molar-refractivity contribution in [2.24, 2.45) is 5.92 Å². The minimum atomic E-state index is 0.629. The van der Waals surface area contributed by atoms with E-state index in [1.807, 2.05) is 0 Å². The normalized spacial score (nSPS) is 28.6. The van der Waals surface area contributed by atoms with Gasteiger partial charge in [0.2, 0.25) is 0 Å². The molecule has 14 heavy (non-hydrogen) atoms. The molecule has 1 heterocycles. The predicted octanol–water partition coefficient (Wildman–Crippen LogP) is 1.90. The molecule has 0 spiro atoms. The van der Waals surface area contributed by atoms with E-state index in [0.717, 1.165) is 11.7 Å². The Morgan fingerprint density at radius 3 is 3.07 bits per heavy atom. The number of ether oxygens (including phenoxy) is 1. The van der Waals surface area contributed by atoms with Crippen LogP contribution in [0, 0.1) is 5.92 Å². The molecular weight excluding hydrogens is 174 g/mol. The summed E-state index contributed by atoms with van der Waals surface area (Å²) in [5.74, 6) is 1.87. The Balaban J connectivity index is 2.01. The number of benzene rings is 1. The summed E-state index contributed by atoms with van der Waals surface area (Å²) in [5.41, 5.74) is 2.96. The zero-order valence-corrected chi connectivity index (χ0v) is 8.42. The molecule has 1 aliphatic carbocycles. The van der Waals surface area contributed by atoms with Crippen molar-refractivity contribution in [1.29, 1.82) is 0 Å². The van der Waals surface area contributed by atoms with Crippen LogP contribution in [0.4, 0.5) is 0 Å². The lowest BCUT2D eigenvalue weighted by Crippen LogP contribution is -2.48. The highest BCUT2D eigenvalue weighted by molar-refractivity contribution is 5.40. The molecule has 2 nitrogen and oxygen atoms in total. The molecule has 2 heteroatoms. The van der Waals surface area contributed by atoms with Gasteiger partial charge in [-0.1, -0.05) is 6.07 Å².